The number of carbonyl (C=O) groups is 1. The molecule has 1 aromatic heterocycles. The second kappa shape index (κ2) is 7.02. The maximum Gasteiger partial charge on any atom is 0.320 e. The third-order valence-electron chi connectivity index (χ3n) is 4.24. The fraction of sp³-hybridized carbons (Fsp3) is 0.353. The number of hydrogen-bond acceptors (Lipinski definition) is 3. The molecule has 5 heteroatoms. The van der Waals surface area contributed by atoms with Crippen LogP contribution in [-0.2, 0) is 0 Å². The van der Waals surface area contributed by atoms with Crippen LogP contribution in [-0.4, -0.2) is 22.5 Å². The Morgan fingerprint density at radius 1 is 1.18 bits per heavy atom. The van der Waals surface area contributed by atoms with Gasteiger partial charge in [-0.25, -0.2) is 14.8 Å². The molecule has 0 aliphatic heterocycles. The van der Waals surface area contributed by atoms with Crippen molar-refractivity contribution in [2.75, 3.05) is 11.9 Å². The van der Waals surface area contributed by atoms with Crippen LogP contribution in [0, 0.1) is 5.92 Å². The van der Waals surface area contributed by atoms with E-state index >= 15 is 0 Å². The summed E-state index contributed by atoms with van der Waals surface area (Å²) in [5, 5.41) is 5.68. The van der Waals surface area contributed by atoms with Crippen molar-refractivity contribution >= 4 is 11.8 Å². The Balaban J connectivity index is 1.53. The maximum absolute atomic E-state index is 11.9. The van der Waals surface area contributed by atoms with Gasteiger partial charge < -0.3 is 5.32 Å². The molecule has 2 atom stereocenters. The van der Waals surface area contributed by atoms with Gasteiger partial charge in [-0.1, -0.05) is 36.8 Å². The number of hydrogen-bond donors (Lipinski definition) is 2. The highest BCUT2D eigenvalue weighted by Gasteiger charge is 2.28. The largest absolute Gasteiger partial charge is 0.338 e. The Morgan fingerprint density at radius 2 is 2.05 bits per heavy atom. The van der Waals surface area contributed by atoms with Gasteiger partial charge in [0.1, 0.15) is 12.1 Å². The third-order valence-corrected chi connectivity index (χ3v) is 4.24. The Kier molecular flexibility index (Phi) is 4.63. The molecule has 3 rings (SSSR count). The summed E-state index contributed by atoms with van der Waals surface area (Å²) in [6.07, 6.45) is 6.60. The van der Waals surface area contributed by atoms with Gasteiger partial charge in [0.15, 0.2) is 0 Å². The van der Waals surface area contributed by atoms with E-state index in [1.807, 2.05) is 6.07 Å². The van der Waals surface area contributed by atoms with Crippen molar-refractivity contribution in [3.8, 4) is 0 Å². The summed E-state index contributed by atoms with van der Waals surface area (Å²) in [7, 11) is 0. The van der Waals surface area contributed by atoms with E-state index in [0.29, 0.717) is 24.2 Å². The summed E-state index contributed by atoms with van der Waals surface area (Å²) in [5.74, 6) is 1.55. The summed E-state index contributed by atoms with van der Waals surface area (Å²) in [4.78, 5) is 19.7. The van der Waals surface area contributed by atoms with Crippen LogP contribution in [0.1, 0.15) is 30.7 Å². The zero-order valence-corrected chi connectivity index (χ0v) is 12.4. The number of nitrogens with zero attached hydrogens (tertiary/aromatic N) is 2. The minimum atomic E-state index is -0.211. The van der Waals surface area contributed by atoms with Gasteiger partial charge in [-0.15, -0.1) is 0 Å². The molecule has 5 nitrogen and oxygen atoms in total. The molecular weight excluding hydrogens is 276 g/mol. The van der Waals surface area contributed by atoms with Crippen LogP contribution < -0.4 is 10.6 Å². The van der Waals surface area contributed by atoms with E-state index < -0.39 is 0 Å². The van der Waals surface area contributed by atoms with Crippen LogP contribution in [0.2, 0.25) is 0 Å². The van der Waals surface area contributed by atoms with Crippen LogP contribution in [0.25, 0.3) is 0 Å². The lowest BCUT2D eigenvalue weighted by molar-refractivity contribution is 0.249. The molecule has 1 heterocycles. The molecule has 22 heavy (non-hydrogen) atoms. The normalized spacial score (nSPS) is 20.5. The highest BCUT2D eigenvalue weighted by atomic mass is 16.2. The number of aromatic nitrogens is 2. The van der Waals surface area contributed by atoms with Crippen molar-refractivity contribution in [2.45, 2.75) is 25.2 Å². The monoisotopic (exact) mass is 296 g/mol. The Hall–Kier alpha value is -2.43. The lowest BCUT2D eigenvalue weighted by atomic mass is 9.89. The van der Waals surface area contributed by atoms with Gasteiger partial charge >= 0.3 is 6.03 Å². The standard InChI is InChI=1S/C17H20N4O/c22-17(21-16-9-10-18-12-20-16)19-11-14-7-4-8-15(14)13-5-2-1-3-6-13/h1-3,5-6,9-10,12,14-15H,4,7-8,11H2,(H2,18,19,20,21,22). The van der Waals surface area contributed by atoms with Crippen molar-refractivity contribution in [3.63, 3.8) is 0 Å². The molecule has 0 radical (unpaired) electrons. The molecule has 1 saturated carbocycles. The zero-order chi connectivity index (χ0) is 15.2. The third kappa shape index (κ3) is 3.61. The lowest BCUT2D eigenvalue weighted by Gasteiger charge is -2.20. The zero-order valence-electron chi connectivity index (χ0n) is 12.4. The molecule has 0 spiro atoms. The summed E-state index contributed by atoms with van der Waals surface area (Å²) >= 11 is 0. The van der Waals surface area contributed by atoms with E-state index in [2.05, 4.69) is 44.9 Å². The Bertz CT molecular complexity index is 603. The number of carbonyl (C=O) groups excluding carboxylic acids is 1. The van der Waals surface area contributed by atoms with Crippen molar-refractivity contribution in [3.05, 3.63) is 54.5 Å². The number of amides is 2. The van der Waals surface area contributed by atoms with E-state index in [1.54, 1.807) is 12.3 Å². The summed E-state index contributed by atoms with van der Waals surface area (Å²) in [6, 6.07) is 12.0. The second-order valence-corrected chi connectivity index (χ2v) is 5.64. The second-order valence-electron chi connectivity index (χ2n) is 5.64. The number of benzene rings is 1. The molecular formula is C17H20N4O. The quantitative estimate of drug-likeness (QED) is 0.910. The first kappa shape index (κ1) is 14.5. The predicted molar refractivity (Wildman–Crippen MR) is 85.6 cm³/mol. The molecule has 2 unspecified atom stereocenters. The molecule has 1 aliphatic rings. The molecule has 114 valence electrons. The Labute approximate surface area is 130 Å². The van der Waals surface area contributed by atoms with Crippen LogP contribution >= 0.6 is 0 Å². The van der Waals surface area contributed by atoms with Gasteiger partial charge in [-0.3, -0.25) is 5.32 Å². The first-order valence-electron chi connectivity index (χ1n) is 7.69. The average molecular weight is 296 g/mol. The Morgan fingerprint density at radius 3 is 2.82 bits per heavy atom. The van der Waals surface area contributed by atoms with Crippen molar-refractivity contribution < 1.29 is 4.79 Å². The predicted octanol–water partition coefficient (Wildman–Crippen LogP) is 3.18. The molecule has 1 fully saturated rings. The number of rotatable bonds is 4. The van der Waals surface area contributed by atoms with E-state index in [0.717, 1.165) is 6.42 Å². The molecule has 2 N–H and O–H groups in total. The molecule has 2 aromatic rings. The van der Waals surface area contributed by atoms with Crippen LogP contribution in [0.5, 0.6) is 0 Å². The average Bonchev–Trinajstić information content (AvgIpc) is 3.03. The maximum atomic E-state index is 11.9. The van der Waals surface area contributed by atoms with E-state index in [9.17, 15) is 4.79 Å². The minimum absolute atomic E-state index is 0.211. The topological polar surface area (TPSA) is 66.9 Å². The van der Waals surface area contributed by atoms with Gasteiger partial charge in [-0.2, -0.15) is 0 Å². The van der Waals surface area contributed by atoms with Crippen LogP contribution in [0.4, 0.5) is 10.6 Å². The van der Waals surface area contributed by atoms with Gasteiger partial charge in [0.2, 0.25) is 0 Å². The molecule has 0 saturated heterocycles. The molecule has 1 aliphatic carbocycles. The van der Waals surface area contributed by atoms with E-state index in [1.165, 1.54) is 24.7 Å². The van der Waals surface area contributed by atoms with Crippen molar-refractivity contribution in [2.24, 2.45) is 5.92 Å². The molecule has 2 amide bonds. The fourth-order valence-corrected chi connectivity index (χ4v) is 3.17. The van der Waals surface area contributed by atoms with Crippen LogP contribution in [0.3, 0.4) is 0 Å². The van der Waals surface area contributed by atoms with Gasteiger partial charge in [-0.05, 0) is 36.3 Å². The van der Waals surface area contributed by atoms with E-state index in [-0.39, 0.29) is 6.03 Å². The number of urea groups is 1. The van der Waals surface area contributed by atoms with Crippen molar-refractivity contribution in [1.29, 1.82) is 0 Å². The van der Waals surface area contributed by atoms with Crippen LogP contribution in [0.15, 0.2) is 48.9 Å². The van der Waals surface area contributed by atoms with Gasteiger partial charge in [0, 0.05) is 12.7 Å². The molecule has 1 aromatic carbocycles. The summed E-state index contributed by atoms with van der Waals surface area (Å²) in [6.45, 7) is 0.691. The number of anilines is 1. The van der Waals surface area contributed by atoms with Gasteiger partial charge in [0.25, 0.3) is 0 Å². The number of nitrogens with one attached hydrogen (secondary N) is 2. The molecule has 0 bridgehead atoms. The summed E-state index contributed by atoms with van der Waals surface area (Å²) in [5.41, 5.74) is 1.38. The summed E-state index contributed by atoms with van der Waals surface area (Å²) < 4.78 is 0. The lowest BCUT2D eigenvalue weighted by Crippen LogP contribution is -2.34. The highest BCUT2D eigenvalue weighted by Crippen LogP contribution is 2.39. The first-order valence-corrected chi connectivity index (χ1v) is 7.69. The smallest absolute Gasteiger partial charge is 0.320 e. The fourth-order valence-electron chi connectivity index (χ4n) is 3.17. The highest BCUT2D eigenvalue weighted by molar-refractivity contribution is 5.88. The SMILES string of the molecule is O=C(NCC1CCCC1c1ccccc1)Nc1ccncn1. The van der Waals surface area contributed by atoms with Gasteiger partial charge in [0.05, 0.1) is 0 Å². The van der Waals surface area contributed by atoms with E-state index in [4.69, 9.17) is 0 Å². The van der Waals surface area contributed by atoms with Crippen molar-refractivity contribution in [1.82, 2.24) is 15.3 Å². The minimum Gasteiger partial charge on any atom is -0.338 e. The first-order chi connectivity index (χ1) is 10.8.